The van der Waals surface area contributed by atoms with Crippen molar-refractivity contribution < 1.29 is 25.8 Å². The predicted octanol–water partition coefficient (Wildman–Crippen LogP) is 6.02. The number of rotatable bonds is 2. The van der Waals surface area contributed by atoms with Crippen molar-refractivity contribution in [2.75, 3.05) is 0 Å². The first-order valence-electron chi connectivity index (χ1n) is 7.31. The maximum Gasteiger partial charge on any atom is 0.0213 e. The summed E-state index contributed by atoms with van der Waals surface area (Å²) in [6, 6.07) is 0. The Morgan fingerprint density at radius 1 is 0.818 bits per heavy atom. The SMILES string of the molecule is CC(C)C1=[C-]CC=C1.CC(C)C1=[C-]CC=C1.C[SiH]C.Cl.Cl.[Hf]. The smallest absolute Gasteiger partial charge is 0.0213 e. The van der Waals surface area contributed by atoms with Crippen LogP contribution in [0.2, 0.25) is 13.1 Å². The third-order valence-electron chi connectivity index (χ3n) is 2.69. The van der Waals surface area contributed by atoms with Crippen LogP contribution >= 0.6 is 24.8 Å². The van der Waals surface area contributed by atoms with Gasteiger partial charge >= 0.3 is 0 Å². The minimum absolute atomic E-state index is 0. The molecule has 0 unspecified atom stereocenters. The summed E-state index contributed by atoms with van der Waals surface area (Å²) in [5, 5.41) is 0. The topological polar surface area (TPSA) is 0 Å². The molecule has 2 rings (SSSR count). The van der Waals surface area contributed by atoms with Crippen molar-refractivity contribution in [1.29, 1.82) is 0 Å². The van der Waals surface area contributed by atoms with Crippen LogP contribution in [-0.4, -0.2) is 9.52 Å². The van der Waals surface area contributed by atoms with Gasteiger partial charge in [0.2, 0.25) is 0 Å². The van der Waals surface area contributed by atoms with Crippen LogP contribution in [0.5, 0.6) is 0 Å². The van der Waals surface area contributed by atoms with Gasteiger partial charge in [0.05, 0.1) is 0 Å². The second-order valence-electron chi connectivity index (χ2n) is 5.36. The van der Waals surface area contributed by atoms with Gasteiger partial charge in [0.15, 0.2) is 0 Å². The minimum Gasteiger partial charge on any atom is -0.269 e. The van der Waals surface area contributed by atoms with Crippen molar-refractivity contribution in [3.05, 3.63) is 47.6 Å². The predicted molar refractivity (Wildman–Crippen MR) is 104 cm³/mol. The van der Waals surface area contributed by atoms with E-state index >= 15 is 0 Å². The molecule has 1 radical (unpaired) electrons. The second-order valence-corrected chi connectivity index (χ2v) is 6.52. The normalized spacial score (nSPS) is 13.6. The van der Waals surface area contributed by atoms with Gasteiger partial charge in [0, 0.05) is 35.4 Å². The monoisotopic (exact) mass is 525 g/mol. The molecule has 0 saturated carbocycles. The maximum atomic E-state index is 3.26. The Hall–Kier alpha value is 0.627. The Balaban J connectivity index is -0.000000112. The minimum atomic E-state index is 0. The van der Waals surface area contributed by atoms with Gasteiger partial charge in [0.1, 0.15) is 0 Å². The molecule has 0 amide bonds. The van der Waals surface area contributed by atoms with Gasteiger partial charge in [-0.05, 0) is 0 Å². The number of hydrogen-bond donors (Lipinski definition) is 0. The van der Waals surface area contributed by atoms with Crippen LogP contribution in [0.4, 0.5) is 0 Å². The molecule has 0 atom stereocenters. The summed E-state index contributed by atoms with van der Waals surface area (Å²) in [7, 11) is 0.750. The summed E-state index contributed by atoms with van der Waals surface area (Å²) in [4.78, 5) is 0. The van der Waals surface area contributed by atoms with Gasteiger partial charge in [0.25, 0.3) is 0 Å². The van der Waals surface area contributed by atoms with Crippen LogP contribution in [-0.2, 0) is 25.8 Å². The molecule has 0 bridgehead atoms. The van der Waals surface area contributed by atoms with E-state index in [4.69, 9.17) is 0 Å². The summed E-state index contributed by atoms with van der Waals surface area (Å²) in [5.74, 6) is 1.32. The Morgan fingerprint density at radius 3 is 1.18 bits per heavy atom. The molecular formula is C18H31Cl2HfSi-2. The number of allylic oxidation sites excluding steroid dienone is 8. The molecule has 0 heterocycles. The van der Waals surface area contributed by atoms with Crippen LogP contribution in [0, 0.1) is 24.0 Å². The molecule has 4 heteroatoms. The van der Waals surface area contributed by atoms with Crippen LogP contribution in [0.25, 0.3) is 0 Å². The molecule has 127 valence electrons. The molecule has 0 N–H and O–H groups in total. The summed E-state index contributed by atoms with van der Waals surface area (Å²) in [6.45, 7) is 13.2. The summed E-state index contributed by atoms with van der Waals surface area (Å²) in [6.07, 6.45) is 17.2. The van der Waals surface area contributed by atoms with Gasteiger partial charge < -0.3 is 0 Å². The first-order valence-corrected chi connectivity index (χ1v) is 9.62. The molecule has 0 nitrogen and oxygen atoms in total. The molecule has 22 heavy (non-hydrogen) atoms. The van der Waals surface area contributed by atoms with E-state index in [2.05, 4.69) is 77.2 Å². The van der Waals surface area contributed by atoms with Crippen molar-refractivity contribution in [2.24, 2.45) is 11.8 Å². The molecule has 0 fully saturated rings. The Labute approximate surface area is 172 Å². The van der Waals surface area contributed by atoms with E-state index < -0.39 is 0 Å². The molecule has 0 aromatic heterocycles. The molecule has 2 aliphatic rings. The van der Waals surface area contributed by atoms with Gasteiger partial charge in [-0.1, -0.05) is 52.6 Å². The van der Waals surface area contributed by atoms with Gasteiger partial charge in [-0.25, -0.2) is 23.3 Å². The first-order chi connectivity index (χ1) is 9.02. The molecule has 0 spiro atoms. The molecule has 0 saturated heterocycles. The van der Waals surface area contributed by atoms with E-state index in [0.29, 0.717) is 11.8 Å². The molecule has 2 aliphatic carbocycles. The third kappa shape index (κ3) is 15.5. The number of halogens is 2. The van der Waals surface area contributed by atoms with Gasteiger partial charge in [-0.3, -0.25) is 12.2 Å². The van der Waals surface area contributed by atoms with E-state index in [0.717, 1.165) is 22.4 Å². The van der Waals surface area contributed by atoms with Crippen molar-refractivity contribution >= 4 is 34.3 Å². The average molecular weight is 525 g/mol. The van der Waals surface area contributed by atoms with E-state index in [1.165, 1.54) is 11.1 Å². The van der Waals surface area contributed by atoms with E-state index in [1.54, 1.807) is 0 Å². The van der Waals surface area contributed by atoms with E-state index in [9.17, 15) is 0 Å². The number of hydrogen-bond acceptors (Lipinski definition) is 0. The zero-order chi connectivity index (χ0) is 14.7. The largest absolute Gasteiger partial charge is 0.269 e. The third-order valence-corrected chi connectivity index (χ3v) is 2.69. The fourth-order valence-electron chi connectivity index (χ4n) is 1.64. The van der Waals surface area contributed by atoms with Crippen molar-refractivity contribution in [1.82, 2.24) is 0 Å². The molecular weight excluding hydrogens is 494 g/mol. The van der Waals surface area contributed by atoms with E-state index in [-0.39, 0.29) is 50.7 Å². The Morgan fingerprint density at radius 2 is 1.09 bits per heavy atom. The summed E-state index contributed by atoms with van der Waals surface area (Å²) in [5.41, 5.74) is 2.73. The maximum absolute atomic E-state index is 3.26. The Bertz CT molecular complexity index is 322. The van der Waals surface area contributed by atoms with E-state index in [1.807, 2.05) is 0 Å². The van der Waals surface area contributed by atoms with Crippen LogP contribution < -0.4 is 0 Å². The fourth-order valence-corrected chi connectivity index (χ4v) is 1.64. The first kappa shape index (κ1) is 30.5. The molecule has 0 aromatic rings. The van der Waals surface area contributed by atoms with Gasteiger partial charge in [-0.15, -0.1) is 37.7 Å². The van der Waals surface area contributed by atoms with Crippen LogP contribution in [0.1, 0.15) is 40.5 Å². The zero-order valence-corrected chi connectivity index (χ0v) is 21.2. The van der Waals surface area contributed by atoms with Crippen molar-refractivity contribution in [2.45, 2.75) is 53.6 Å². The molecule has 0 aromatic carbocycles. The average Bonchev–Trinajstić information content (AvgIpc) is 3.05. The fraction of sp³-hybridized carbons (Fsp3) is 0.556. The Kier molecular flexibility index (Phi) is 27.3. The van der Waals surface area contributed by atoms with Crippen molar-refractivity contribution in [3.8, 4) is 0 Å². The van der Waals surface area contributed by atoms with Crippen LogP contribution in [0.3, 0.4) is 0 Å². The second kappa shape index (κ2) is 19.7. The molecule has 0 aliphatic heterocycles. The van der Waals surface area contributed by atoms with Crippen molar-refractivity contribution in [3.63, 3.8) is 0 Å². The quantitative estimate of drug-likeness (QED) is 0.306. The summed E-state index contributed by atoms with van der Waals surface area (Å²) < 4.78 is 0. The van der Waals surface area contributed by atoms with Gasteiger partial charge in [-0.2, -0.15) is 12.2 Å². The van der Waals surface area contributed by atoms with Crippen LogP contribution in [0.15, 0.2) is 35.5 Å². The summed E-state index contributed by atoms with van der Waals surface area (Å²) >= 11 is 0. The standard InChI is InChI=1S/2C8H11.C2H7Si.2ClH.Hf/c2*1-7(2)8-5-3-4-6-8;1-3-2;;;/h2*3,5,7H,4H2,1-2H3;3H,1-2H3;2*1H;/q2*-1;;;;. The zero-order valence-electron chi connectivity index (χ0n) is 14.8.